The van der Waals surface area contributed by atoms with Crippen molar-refractivity contribution in [2.24, 2.45) is 0 Å². The van der Waals surface area contributed by atoms with Gasteiger partial charge in [0.25, 0.3) is 0 Å². The van der Waals surface area contributed by atoms with Crippen molar-refractivity contribution in [2.75, 3.05) is 0 Å². The van der Waals surface area contributed by atoms with E-state index in [0.29, 0.717) is 0 Å². The molecular weight excluding hydrogens is 122 g/mol. The quantitative estimate of drug-likeness (QED) is 0.205. The largest absolute Gasteiger partial charge is 0.770 e. The summed E-state index contributed by atoms with van der Waals surface area (Å²) in [6, 6.07) is 0. The Balaban J connectivity index is 0. The number of hydrogen-bond donors (Lipinski definition) is 1. The van der Waals surface area contributed by atoms with Crippen LogP contribution in [0.3, 0.4) is 0 Å². The highest BCUT2D eigenvalue weighted by Crippen LogP contribution is 1.61. The second-order valence-electron chi connectivity index (χ2n) is 0.329. The lowest BCUT2D eigenvalue weighted by molar-refractivity contribution is -0.156. The molecule has 1 N–H and O–H groups in total. The molecule has 0 heterocycles. The van der Waals surface area contributed by atoms with Crippen LogP contribution in [0, 0.1) is 0 Å². The van der Waals surface area contributed by atoms with Gasteiger partial charge < -0.3 is 4.58 Å². The Labute approximate surface area is 45.8 Å². The Morgan fingerprint density at radius 2 is 2.00 bits per heavy atom. The highest BCUT2D eigenvalue weighted by atomic mass is 28.3. The second kappa shape index (κ2) is 5.24. The van der Waals surface area contributed by atoms with Crippen molar-refractivity contribution in [2.45, 2.75) is 0 Å². The molecule has 0 aliphatic heterocycles. The van der Waals surface area contributed by atoms with Gasteiger partial charge in [-0.2, -0.15) is 4.11 Å². The van der Waals surface area contributed by atoms with Crippen molar-refractivity contribution in [1.29, 1.82) is 0 Å². The van der Waals surface area contributed by atoms with Gasteiger partial charge in [0.15, 0.2) is 17.4 Å². The van der Waals surface area contributed by atoms with Crippen molar-refractivity contribution in [3.63, 3.8) is 0 Å². The van der Waals surface area contributed by atoms with Gasteiger partial charge in [-0.1, -0.05) is 0 Å². The van der Waals surface area contributed by atoms with Crippen LogP contribution in [0.1, 0.15) is 0 Å². The van der Waals surface area contributed by atoms with Gasteiger partial charge in [-0.05, 0) is 0 Å². The van der Waals surface area contributed by atoms with Crippen molar-refractivity contribution in [3.05, 3.63) is 0 Å². The first-order chi connectivity index (χ1) is 2.27. The summed E-state index contributed by atoms with van der Waals surface area (Å²) in [5.74, 6) is 0. The van der Waals surface area contributed by atoms with Crippen LogP contribution in [-0.2, 0) is 9.04 Å². The van der Waals surface area contributed by atoms with Gasteiger partial charge >= 0.3 is 9.26 Å². The number of rotatable bonds is 1. The van der Waals surface area contributed by atoms with Crippen molar-refractivity contribution >= 4 is 26.6 Å². The highest BCUT2D eigenvalue weighted by Gasteiger charge is 1.99. The fourth-order valence-electron chi connectivity index (χ4n) is 0. The zero-order valence-corrected chi connectivity index (χ0v) is 3.14. The minimum absolute atomic E-state index is 0. The van der Waals surface area contributed by atoms with E-state index in [-0.39, 0.29) is 17.4 Å². The predicted molar refractivity (Wildman–Crippen MR) is 21.2 cm³/mol. The first-order valence-corrected chi connectivity index (χ1v) is 1.97. The summed E-state index contributed by atoms with van der Waals surface area (Å²) in [6.45, 7) is 0. The zero-order valence-electron chi connectivity index (χ0n) is 2.14. The molecule has 0 saturated carbocycles. The summed E-state index contributed by atoms with van der Waals surface area (Å²) >= 11 is 0. The van der Waals surface area contributed by atoms with E-state index in [1.165, 1.54) is 0 Å². The summed E-state index contributed by atoms with van der Waals surface area (Å²) < 4.78 is 22.0. The second-order valence-corrected chi connectivity index (χ2v) is 0.987. The first-order valence-electron chi connectivity index (χ1n) is 0.780. The fraction of sp³-hybridized carbons (Fsp3) is 0. The zero-order chi connectivity index (χ0) is 4.28. The molecule has 0 amide bonds. The van der Waals surface area contributed by atoms with E-state index >= 15 is 0 Å². The SMILES string of the molecule is O=[Si](F)OO.[AlH3]. The molecule has 6 heavy (non-hydrogen) atoms. The standard InChI is InChI=1S/Al.FHO3Si.3H/c;1-5(3)4-2;;;/h;2H;;;. The highest BCUT2D eigenvalue weighted by molar-refractivity contribution is 6.24. The molecule has 36 valence electrons. The fourth-order valence-corrected chi connectivity index (χ4v) is 0. The lowest BCUT2D eigenvalue weighted by Crippen LogP contribution is -1.91. The van der Waals surface area contributed by atoms with Crippen molar-refractivity contribution < 1.29 is 18.4 Å². The Morgan fingerprint density at radius 3 is 2.00 bits per heavy atom. The third-order valence-electron chi connectivity index (χ3n) is 0.0718. The summed E-state index contributed by atoms with van der Waals surface area (Å²) in [5.41, 5.74) is 0. The van der Waals surface area contributed by atoms with Crippen LogP contribution < -0.4 is 0 Å². The lowest BCUT2D eigenvalue weighted by Gasteiger charge is -1.70. The Hall–Kier alpha value is 0.239. The van der Waals surface area contributed by atoms with Crippen LogP contribution in [0.15, 0.2) is 0 Å². The van der Waals surface area contributed by atoms with Crippen LogP contribution in [0.5, 0.6) is 0 Å². The summed E-state index contributed by atoms with van der Waals surface area (Å²) in [6.07, 6.45) is 0. The minimum Gasteiger partial charge on any atom is -0.337 e. The number of hydrogen-bond acceptors (Lipinski definition) is 3. The molecule has 0 unspecified atom stereocenters. The third-order valence-corrected chi connectivity index (χ3v) is 0.215. The van der Waals surface area contributed by atoms with Gasteiger partial charge in [-0.15, -0.1) is 0 Å². The summed E-state index contributed by atoms with van der Waals surface area (Å²) in [4.78, 5) is 0. The molecular formula is H4AlFO3Si. The Morgan fingerprint density at radius 1 is 1.83 bits per heavy atom. The van der Waals surface area contributed by atoms with E-state index in [0.717, 1.165) is 0 Å². The number of halogens is 1. The topological polar surface area (TPSA) is 46.5 Å². The summed E-state index contributed by atoms with van der Waals surface area (Å²) in [5, 5.41) is 7.00. The normalized spacial score (nSPS) is 5.67. The smallest absolute Gasteiger partial charge is 0.337 e. The molecule has 0 rings (SSSR count). The van der Waals surface area contributed by atoms with E-state index in [1.54, 1.807) is 0 Å². The monoisotopic (exact) mass is 126 g/mol. The molecule has 0 aliphatic carbocycles. The molecule has 0 atom stereocenters. The molecule has 0 fully saturated rings. The average molecular weight is 126 g/mol. The maximum Gasteiger partial charge on any atom is 0.770 e. The van der Waals surface area contributed by atoms with Crippen molar-refractivity contribution in [1.82, 2.24) is 0 Å². The molecule has 0 aromatic heterocycles. The first kappa shape index (κ1) is 9.53. The maximum absolute atomic E-state index is 10.5. The molecule has 0 saturated heterocycles. The maximum atomic E-state index is 10.5. The van der Waals surface area contributed by atoms with Gasteiger partial charge in [0.05, 0.1) is 0 Å². The predicted octanol–water partition coefficient (Wildman–Crippen LogP) is -1.32. The molecule has 0 radical (unpaired) electrons. The van der Waals surface area contributed by atoms with E-state index in [1.807, 2.05) is 0 Å². The van der Waals surface area contributed by atoms with Gasteiger partial charge in [-0.25, -0.2) is 5.26 Å². The minimum atomic E-state index is -3.57. The van der Waals surface area contributed by atoms with Crippen LogP contribution in [0.25, 0.3) is 0 Å². The van der Waals surface area contributed by atoms with Gasteiger partial charge in [0.2, 0.25) is 0 Å². The third kappa shape index (κ3) is 8.87. The van der Waals surface area contributed by atoms with Crippen LogP contribution in [0.4, 0.5) is 4.11 Å². The Bertz CT molecular complexity index is 46.1. The molecule has 0 aliphatic rings. The van der Waals surface area contributed by atoms with E-state index in [2.05, 4.69) is 4.58 Å². The molecule has 6 heteroatoms. The van der Waals surface area contributed by atoms with E-state index in [9.17, 15) is 4.11 Å². The van der Waals surface area contributed by atoms with Gasteiger partial charge in [0.1, 0.15) is 0 Å². The molecule has 3 nitrogen and oxygen atoms in total. The van der Waals surface area contributed by atoms with Gasteiger partial charge in [-0.3, -0.25) is 4.46 Å². The van der Waals surface area contributed by atoms with E-state index in [4.69, 9.17) is 9.72 Å². The van der Waals surface area contributed by atoms with Crippen LogP contribution in [0.2, 0.25) is 0 Å². The van der Waals surface area contributed by atoms with Crippen molar-refractivity contribution in [3.8, 4) is 0 Å². The molecule has 0 spiro atoms. The molecule has 0 bridgehead atoms. The Kier molecular flexibility index (Phi) is 8.32. The lowest BCUT2D eigenvalue weighted by atomic mass is 15.0. The van der Waals surface area contributed by atoms with Crippen LogP contribution in [-0.4, -0.2) is 31.9 Å². The molecule has 0 aromatic rings. The van der Waals surface area contributed by atoms with E-state index < -0.39 is 9.26 Å². The molecule has 0 aromatic carbocycles. The summed E-state index contributed by atoms with van der Waals surface area (Å²) in [7, 11) is -3.57. The van der Waals surface area contributed by atoms with Crippen LogP contribution >= 0.6 is 0 Å². The average Bonchev–Trinajstić information content (AvgIpc) is 1.38. The van der Waals surface area contributed by atoms with Gasteiger partial charge in [0, 0.05) is 0 Å².